The second kappa shape index (κ2) is 9.66. The fourth-order valence-electron chi connectivity index (χ4n) is 4.44. The molecule has 0 spiro atoms. The Morgan fingerprint density at radius 2 is 1.89 bits per heavy atom. The van der Waals surface area contributed by atoms with Crippen LogP contribution in [0.25, 0.3) is 6.08 Å². The molecule has 2 fully saturated rings. The van der Waals surface area contributed by atoms with Gasteiger partial charge in [0.15, 0.2) is 0 Å². The molecule has 0 aromatic heterocycles. The number of hydrogen-bond acceptors (Lipinski definition) is 4. The van der Waals surface area contributed by atoms with E-state index in [1.807, 2.05) is 12.2 Å². The maximum absolute atomic E-state index is 13.9. The topological polar surface area (TPSA) is 76.7 Å². The van der Waals surface area contributed by atoms with E-state index in [0.29, 0.717) is 25.0 Å². The summed E-state index contributed by atoms with van der Waals surface area (Å²) < 4.78 is 52.4. The number of morpholine rings is 1. The van der Waals surface area contributed by atoms with Crippen LogP contribution in [0.15, 0.2) is 71.5 Å². The Bertz CT molecular complexity index is 1290. The molecule has 0 radical (unpaired) electrons. The highest BCUT2D eigenvalue weighted by atomic mass is 19.4. The minimum atomic E-state index is -4.61. The van der Waals surface area contributed by atoms with Crippen LogP contribution in [-0.4, -0.2) is 31.1 Å². The molecular formula is C27H23F3N2O4. The fourth-order valence-corrected chi connectivity index (χ4v) is 4.44. The van der Waals surface area contributed by atoms with Gasteiger partial charge in [0.25, 0.3) is 0 Å². The summed E-state index contributed by atoms with van der Waals surface area (Å²) in [5.41, 5.74) is 2.86. The molecule has 1 unspecified atom stereocenters. The van der Waals surface area contributed by atoms with Gasteiger partial charge < -0.3 is 20.1 Å². The molecular weight excluding hydrogens is 473 g/mol. The van der Waals surface area contributed by atoms with Gasteiger partial charge in [-0.1, -0.05) is 36.4 Å². The summed E-state index contributed by atoms with van der Waals surface area (Å²) in [6.07, 6.45) is 2.12. The molecule has 1 aliphatic carbocycles. The molecule has 0 saturated carbocycles. The van der Waals surface area contributed by atoms with Crippen LogP contribution in [0.1, 0.15) is 29.5 Å². The zero-order valence-corrected chi connectivity index (χ0v) is 19.2. The van der Waals surface area contributed by atoms with E-state index in [4.69, 9.17) is 9.47 Å². The summed E-state index contributed by atoms with van der Waals surface area (Å²) in [5, 5.41) is 5.61. The molecule has 0 bridgehead atoms. The number of benzene rings is 2. The summed E-state index contributed by atoms with van der Waals surface area (Å²) in [5.74, 6) is -0.276. The monoisotopic (exact) mass is 496 g/mol. The van der Waals surface area contributed by atoms with Crippen LogP contribution >= 0.6 is 0 Å². The fraction of sp³-hybridized carbons (Fsp3) is 0.259. The molecule has 9 heteroatoms. The molecule has 5 rings (SSSR count). The molecule has 186 valence electrons. The Balaban J connectivity index is 1.32. The van der Waals surface area contributed by atoms with Gasteiger partial charge >= 0.3 is 6.18 Å². The van der Waals surface area contributed by atoms with Gasteiger partial charge in [0.2, 0.25) is 11.8 Å². The van der Waals surface area contributed by atoms with Gasteiger partial charge in [-0.3, -0.25) is 9.59 Å². The maximum Gasteiger partial charge on any atom is 0.420 e. The standard InChI is InChI=1S/C27H23F3N2O4/c28-27(29,30)22-12-18(9-17-3-7-23-19(10-17)13-25(33)32-23)4-8-24(22)36-21-5-1-16(2-6-21)11-20-14-35-15-26(34)31-20/h1-2,4-10,12,20H,3,11,13-15H2,(H,31,34)(H,32,33). The number of fused-ring (bicyclic) bond motifs is 1. The van der Waals surface area contributed by atoms with Crippen molar-refractivity contribution in [2.24, 2.45) is 0 Å². The smallest absolute Gasteiger partial charge is 0.420 e. The largest absolute Gasteiger partial charge is 0.457 e. The zero-order valence-electron chi connectivity index (χ0n) is 19.2. The van der Waals surface area contributed by atoms with Crippen LogP contribution in [0.5, 0.6) is 11.5 Å². The quantitative estimate of drug-likeness (QED) is 0.631. The van der Waals surface area contributed by atoms with Crippen LogP contribution in [0, 0.1) is 0 Å². The zero-order chi connectivity index (χ0) is 25.3. The van der Waals surface area contributed by atoms with Crippen molar-refractivity contribution in [2.45, 2.75) is 31.5 Å². The summed E-state index contributed by atoms with van der Waals surface area (Å²) in [7, 11) is 0. The minimum Gasteiger partial charge on any atom is -0.457 e. The predicted octanol–water partition coefficient (Wildman–Crippen LogP) is 4.67. The predicted molar refractivity (Wildman–Crippen MR) is 126 cm³/mol. The first-order chi connectivity index (χ1) is 17.2. The van der Waals surface area contributed by atoms with Gasteiger partial charge in [-0.15, -0.1) is 0 Å². The van der Waals surface area contributed by atoms with Crippen LogP contribution < -0.4 is 15.4 Å². The number of nitrogens with one attached hydrogen (secondary N) is 2. The lowest BCUT2D eigenvalue weighted by molar-refractivity contribution is -0.138. The number of ether oxygens (including phenoxy) is 2. The first-order valence-electron chi connectivity index (χ1n) is 11.5. The van der Waals surface area contributed by atoms with E-state index < -0.39 is 11.7 Å². The van der Waals surface area contributed by atoms with Gasteiger partial charge in [0.1, 0.15) is 18.1 Å². The van der Waals surface area contributed by atoms with Crippen molar-refractivity contribution in [2.75, 3.05) is 13.2 Å². The van der Waals surface area contributed by atoms with E-state index in [-0.39, 0.29) is 42.4 Å². The lowest BCUT2D eigenvalue weighted by Gasteiger charge is -2.23. The number of hydrogen-bond donors (Lipinski definition) is 2. The van der Waals surface area contributed by atoms with Crippen molar-refractivity contribution in [1.29, 1.82) is 0 Å². The molecule has 2 amide bonds. The summed E-state index contributed by atoms with van der Waals surface area (Å²) in [6, 6.07) is 10.5. The van der Waals surface area contributed by atoms with Crippen LogP contribution in [0.2, 0.25) is 0 Å². The molecule has 6 nitrogen and oxygen atoms in total. The lowest BCUT2D eigenvalue weighted by atomic mass is 9.97. The van der Waals surface area contributed by atoms with Crippen molar-refractivity contribution in [3.63, 3.8) is 0 Å². The Hall–Kier alpha value is -3.85. The molecule has 2 saturated heterocycles. The van der Waals surface area contributed by atoms with E-state index in [0.717, 1.165) is 28.5 Å². The van der Waals surface area contributed by atoms with E-state index >= 15 is 0 Å². The summed E-state index contributed by atoms with van der Waals surface area (Å²) in [4.78, 5) is 23.0. The first kappa shape index (κ1) is 23.9. The van der Waals surface area contributed by atoms with E-state index in [1.54, 1.807) is 36.4 Å². The Morgan fingerprint density at radius 1 is 1.08 bits per heavy atom. The number of carbonyl (C=O) groups is 2. The highest BCUT2D eigenvalue weighted by Crippen LogP contribution is 2.39. The van der Waals surface area contributed by atoms with E-state index in [9.17, 15) is 22.8 Å². The average Bonchev–Trinajstić information content (AvgIpc) is 3.20. The highest BCUT2D eigenvalue weighted by Gasteiger charge is 2.35. The number of carbonyl (C=O) groups excluding carboxylic acids is 2. The third kappa shape index (κ3) is 5.52. The molecule has 2 aromatic carbocycles. The van der Waals surface area contributed by atoms with E-state index in [1.165, 1.54) is 6.07 Å². The minimum absolute atomic E-state index is 0.0505. The SMILES string of the molecule is O=C1CC2=CC(=Cc3ccc(Oc4ccc(CC5COCC(=O)N5)cc4)c(C(F)(F)F)c3)CC=C2N1. The van der Waals surface area contributed by atoms with Crippen LogP contribution in [0.3, 0.4) is 0 Å². The molecule has 36 heavy (non-hydrogen) atoms. The van der Waals surface area contributed by atoms with Crippen LogP contribution in [0.4, 0.5) is 13.2 Å². The molecule has 1 atom stereocenters. The molecule has 2 aliphatic heterocycles. The number of halogens is 3. The van der Waals surface area contributed by atoms with Crippen molar-refractivity contribution in [1.82, 2.24) is 10.6 Å². The Labute approximate surface area is 205 Å². The van der Waals surface area contributed by atoms with Crippen LogP contribution in [-0.2, 0) is 26.9 Å². The number of allylic oxidation sites excluding steroid dienone is 4. The van der Waals surface area contributed by atoms with Gasteiger partial charge in [0.05, 0.1) is 24.6 Å². The summed E-state index contributed by atoms with van der Waals surface area (Å²) in [6.45, 7) is 0.458. The van der Waals surface area contributed by atoms with E-state index in [2.05, 4.69) is 10.6 Å². The number of alkyl halides is 3. The normalized spacial score (nSPS) is 20.9. The molecule has 2 N–H and O–H groups in total. The molecule has 3 aliphatic rings. The third-order valence-corrected chi connectivity index (χ3v) is 6.08. The second-order valence-electron chi connectivity index (χ2n) is 8.92. The average molecular weight is 496 g/mol. The van der Waals surface area contributed by atoms with Gasteiger partial charge in [-0.2, -0.15) is 13.2 Å². The number of rotatable bonds is 5. The third-order valence-electron chi connectivity index (χ3n) is 6.08. The summed E-state index contributed by atoms with van der Waals surface area (Å²) >= 11 is 0. The molecule has 2 heterocycles. The Kier molecular flexibility index (Phi) is 6.40. The number of amides is 2. The van der Waals surface area contributed by atoms with Crippen molar-refractivity contribution < 1.29 is 32.2 Å². The van der Waals surface area contributed by atoms with Crippen molar-refractivity contribution in [3.05, 3.63) is 88.2 Å². The lowest BCUT2D eigenvalue weighted by Crippen LogP contribution is -2.46. The molecule has 2 aromatic rings. The van der Waals surface area contributed by atoms with Crippen molar-refractivity contribution in [3.8, 4) is 11.5 Å². The first-order valence-corrected chi connectivity index (χ1v) is 11.5. The second-order valence-corrected chi connectivity index (χ2v) is 8.92. The maximum atomic E-state index is 13.9. The Morgan fingerprint density at radius 3 is 2.64 bits per heavy atom. The highest BCUT2D eigenvalue weighted by molar-refractivity contribution is 5.87. The van der Waals surface area contributed by atoms with Gasteiger partial charge in [-0.25, -0.2) is 0 Å². The van der Waals surface area contributed by atoms with Gasteiger partial charge in [-0.05, 0) is 59.4 Å². The van der Waals surface area contributed by atoms with Crippen molar-refractivity contribution >= 4 is 17.9 Å². The van der Waals surface area contributed by atoms with Gasteiger partial charge in [0, 0.05) is 5.70 Å².